The lowest BCUT2D eigenvalue weighted by Gasteiger charge is -2.22. The minimum Gasteiger partial charge on any atom is -0.135 e. The minimum atomic E-state index is -0.0729. The Morgan fingerprint density at radius 2 is 0.857 bits per heavy atom. The molecule has 11 aromatic rings. The smallest absolute Gasteiger partial charge is 0.0361 e. The average Bonchev–Trinajstić information content (AvgIpc) is 3.71. The molecule has 1 aromatic heterocycles. The summed E-state index contributed by atoms with van der Waals surface area (Å²) in [5.41, 5.74) is 13.1. The predicted molar refractivity (Wildman–Crippen MR) is 243 cm³/mol. The van der Waals surface area contributed by atoms with Crippen molar-refractivity contribution in [3.63, 3.8) is 0 Å². The molecule has 12 rings (SSSR count). The second kappa shape index (κ2) is 11.7. The van der Waals surface area contributed by atoms with E-state index in [1.54, 1.807) is 0 Å². The van der Waals surface area contributed by atoms with Crippen LogP contribution >= 0.6 is 11.3 Å². The fourth-order valence-electron chi connectivity index (χ4n) is 9.83. The first-order chi connectivity index (χ1) is 27.5. The topological polar surface area (TPSA) is 0 Å². The van der Waals surface area contributed by atoms with Crippen molar-refractivity contribution in [2.75, 3.05) is 0 Å². The number of hydrogen-bond donors (Lipinski definition) is 0. The summed E-state index contributed by atoms with van der Waals surface area (Å²) < 4.78 is 2.71. The van der Waals surface area contributed by atoms with E-state index in [-0.39, 0.29) is 5.41 Å². The van der Waals surface area contributed by atoms with Crippen molar-refractivity contribution in [2.24, 2.45) is 0 Å². The molecule has 0 atom stereocenters. The summed E-state index contributed by atoms with van der Waals surface area (Å²) in [6.45, 7) is 4.77. The van der Waals surface area contributed by atoms with E-state index in [0.29, 0.717) is 0 Å². The van der Waals surface area contributed by atoms with E-state index >= 15 is 0 Å². The Morgan fingerprint density at radius 3 is 1.57 bits per heavy atom. The number of rotatable bonds is 3. The van der Waals surface area contributed by atoms with Crippen LogP contribution in [0.4, 0.5) is 0 Å². The van der Waals surface area contributed by atoms with Gasteiger partial charge in [-0.2, -0.15) is 0 Å². The average molecular weight is 729 g/mol. The van der Waals surface area contributed by atoms with Crippen LogP contribution in [-0.4, -0.2) is 0 Å². The van der Waals surface area contributed by atoms with E-state index in [2.05, 4.69) is 196 Å². The third-order valence-electron chi connectivity index (χ3n) is 12.6. The maximum absolute atomic E-state index is 2.46. The molecular weight excluding hydrogens is 693 g/mol. The Bertz CT molecular complexity index is 3380. The number of hydrogen-bond acceptors (Lipinski definition) is 1. The second-order valence-electron chi connectivity index (χ2n) is 16.1. The van der Waals surface area contributed by atoms with Crippen molar-refractivity contribution in [2.45, 2.75) is 19.3 Å². The Kier molecular flexibility index (Phi) is 6.66. The molecule has 1 aliphatic rings. The van der Waals surface area contributed by atoms with Gasteiger partial charge < -0.3 is 0 Å². The molecule has 262 valence electrons. The fraction of sp³-hybridized carbons (Fsp3) is 0.0545. The van der Waals surface area contributed by atoms with Gasteiger partial charge >= 0.3 is 0 Å². The predicted octanol–water partition coefficient (Wildman–Crippen LogP) is 16.0. The maximum atomic E-state index is 2.46. The van der Waals surface area contributed by atoms with E-state index in [1.165, 1.54) is 119 Å². The normalized spacial score (nSPS) is 13.3. The fourth-order valence-corrected chi connectivity index (χ4v) is 11.0. The molecule has 0 unspecified atom stereocenters. The van der Waals surface area contributed by atoms with Crippen LogP contribution in [0.3, 0.4) is 0 Å². The van der Waals surface area contributed by atoms with Crippen molar-refractivity contribution in [1.29, 1.82) is 0 Å². The third kappa shape index (κ3) is 4.59. The summed E-state index contributed by atoms with van der Waals surface area (Å²) in [5.74, 6) is 0. The Balaban J connectivity index is 0.967. The molecule has 1 heterocycles. The highest BCUT2D eigenvalue weighted by Gasteiger charge is 2.36. The Morgan fingerprint density at radius 1 is 0.321 bits per heavy atom. The molecule has 0 amide bonds. The highest BCUT2D eigenvalue weighted by molar-refractivity contribution is 7.25. The van der Waals surface area contributed by atoms with Crippen LogP contribution in [-0.2, 0) is 5.41 Å². The largest absolute Gasteiger partial charge is 0.135 e. The molecule has 0 fully saturated rings. The first-order valence-corrected chi connectivity index (χ1v) is 20.4. The second-order valence-corrected chi connectivity index (χ2v) is 17.1. The molecule has 0 bridgehead atoms. The maximum Gasteiger partial charge on any atom is 0.0361 e. The highest BCUT2D eigenvalue weighted by Crippen LogP contribution is 2.52. The van der Waals surface area contributed by atoms with Gasteiger partial charge in [0.25, 0.3) is 0 Å². The summed E-state index contributed by atoms with van der Waals surface area (Å²) in [6.07, 6.45) is 0. The van der Waals surface area contributed by atoms with Crippen molar-refractivity contribution in [3.05, 3.63) is 193 Å². The molecular formula is C55H36S. The van der Waals surface area contributed by atoms with Gasteiger partial charge in [-0.05, 0) is 147 Å². The molecule has 1 heteroatoms. The van der Waals surface area contributed by atoms with Gasteiger partial charge in [0.15, 0.2) is 0 Å². The third-order valence-corrected chi connectivity index (χ3v) is 13.7. The molecule has 0 nitrogen and oxygen atoms in total. The summed E-state index contributed by atoms with van der Waals surface area (Å²) >= 11 is 1.90. The van der Waals surface area contributed by atoms with Gasteiger partial charge in [-0.3, -0.25) is 0 Å². The van der Waals surface area contributed by atoms with Crippen molar-refractivity contribution in [1.82, 2.24) is 0 Å². The van der Waals surface area contributed by atoms with Gasteiger partial charge in [-0.25, -0.2) is 0 Å². The van der Waals surface area contributed by atoms with Gasteiger partial charge in [-0.1, -0.05) is 147 Å². The van der Waals surface area contributed by atoms with E-state index in [1.807, 2.05) is 11.3 Å². The SMILES string of the molecule is CC1(C)c2ccc(-c3ccc4cc(-c5c6ccccc6c(-c6ccccc6)c6ccccc56)ccc4c3)cc2-c2cc3cc4sc5ccccc5c4cc3cc21. The Hall–Kier alpha value is -6.54. The van der Waals surface area contributed by atoms with E-state index < -0.39 is 0 Å². The number of fused-ring (bicyclic) bond motifs is 10. The van der Waals surface area contributed by atoms with Gasteiger partial charge in [0.1, 0.15) is 0 Å². The number of thiophene rings is 1. The molecule has 0 spiro atoms. The zero-order valence-corrected chi connectivity index (χ0v) is 32.0. The molecule has 0 radical (unpaired) electrons. The zero-order valence-electron chi connectivity index (χ0n) is 31.2. The van der Waals surface area contributed by atoms with Crippen LogP contribution < -0.4 is 0 Å². The minimum absolute atomic E-state index is 0.0729. The van der Waals surface area contributed by atoms with Crippen LogP contribution in [0.5, 0.6) is 0 Å². The summed E-state index contributed by atoms with van der Waals surface area (Å²) in [6, 6.07) is 68.3. The standard InChI is InChI=1S/C55H36S/c1-55(2)49-25-24-37(28-46(49)47-29-40-32-52-48(30-39(40)31-50(47)55)41-14-10-11-19-51(41)56-52)35-20-21-36-27-38(23-22-34(36)26-35)54-44-17-8-6-15-42(44)53(33-12-4-3-5-13-33)43-16-7-9-18-45(43)54/h3-32H,1-2H3. The molecule has 0 saturated heterocycles. The van der Waals surface area contributed by atoms with Gasteiger partial charge in [0.2, 0.25) is 0 Å². The number of benzene rings is 10. The lowest BCUT2D eigenvalue weighted by molar-refractivity contribution is 0.661. The van der Waals surface area contributed by atoms with Gasteiger partial charge in [-0.15, -0.1) is 11.3 Å². The van der Waals surface area contributed by atoms with Gasteiger partial charge in [0, 0.05) is 25.6 Å². The molecule has 0 aliphatic heterocycles. The van der Waals surface area contributed by atoms with Crippen LogP contribution in [0, 0.1) is 0 Å². The van der Waals surface area contributed by atoms with Crippen LogP contribution in [0.25, 0.3) is 108 Å². The summed E-state index contributed by atoms with van der Waals surface area (Å²) in [5, 5.41) is 13.0. The molecule has 10 aromatic carbocycles. The lowest BCUT2D eigenvalue weighted by atomic mass is 9.81. The molecule has 0 N–H and O–H groups in total. The first-order valence-electron chi connectivity index (χ1n) is 19.6. The van der Waals surface area contributed by atoms with E-state index in [4.69, 9.17) is 0 Å². The van der Waals surface area contributed by atoms with Crippen molar-refractivity contribution >= 4 is 74.6 Å². The molecule has 0 saturated carbocycles. The van der Waals surface area contributed by atoms with E-state index in [9.17, 15) is 0 Å². The lowest BCUT2D eigenvalue weighted by Crippen LogP contribution is -2.14. The monoisotopic (exact) mass is 728 g/mol. The molecule has 56 heavy (non-hydrogen) atoms. The quantitative estimate of drug-likeness (QED) is 0.159. The van der Waals surface area contributed by atoms with Crippen LogP contribution in [0.15, 0.2) is 182 Å². The van der Waals surface area contributed by atoms with Crippen LogP contribution in [0.1, 0.15) is 25.0 Å². The molecule has 1 aliphatic carbocycles. The zero-order chi connectivity index (χ0) is 37.1. The Labute approximate surface area is 329 Å². The van der Waals surface area contributed by atoms with Gasteiger partial charge in [0.05, 0.1) is 0 Å². The van der Waals surface area contributed by atoms with E-state index in [0.717, 1.165) is 0 Å². The summed E-state index contributed by atoms with van der Waals surface area (Å²) in [4.78, 5) is 0. The summed E-state index contributed by atoms with van der Waals surface area (Å²) in [7, 11) is 0. The first kappa shape index (κ1) is 31.8. The van der Waals surface area contributed by atoms with Crippen molar-refractivity contribution < 1.29 is 0 Å². The van der Waals surface area contributed by atoms with Crippen molar-refractivity contribution in [3.8, 4) is 44.5 Å². The highest BCUT2D eigenvalue weighted by atomic mass is 32.1. The van der Waals surface area contributed by atoms with Crippen LogP contribution in [0.2, 0.25) is 0 Å².